The van der Waals surface area contributed by atoms with Gasteiger partial charge in [-0.3, -0.25) is 9.48 Å². The monoisotopic (exact) mass is 396 g/mol. The normalized spacial score (nSPS) is 11.0. The van der Waals surface area contributed by atoms with Crippen LogP contribution < -0.4 is 5.32 Å². The van der Waals surface area contributed by atoms with Crippen LogP contribution in [0.4, 0.5) is 10.1 Å². The van der Waals surface area contributed by atoms with Crippen molar-refractivity contribution < 1.29 is 13.7 Å². The van der Waals surface area contributed by atoms with Gasteiger partial charge in [0.2, 0.25) is 0 Å². The van der Waals surface area contributed by atoms with Gasteiger partial charge in [-0.2, -0.15) is 5.10 Å². The lowest BCUT2D eigenvalue weighted by atomic mass is 10.2. The Morgan fingerprint density at radius 2 is 2.04 bits per heavy atom. The van der Waals surface area contributed by atoms with Crippen molar-refractivity contribution in [2.24, 2.45) is 0 Å². The molecule has 1 N–H and O–H groups in total. The Labute approximate surface area is 164 Å². The van der Waals surface area contributed by atoms with E-state index in [0.29, 0.717) is 23.7 Å². The molecule has 0 fully saturated rings. The summed E-state index contributed by atoms with van der Waals surface area (Å²) in [6.07, 6.45) is 0. The largest absolute Gasteiger partial charge is 0.355 e. The standard InChI is InChI=1S/C20H17FN4O2S/c1-12-19(13(2)25(23-12)11-14-5-7-15(21)8-6-14)22-20(26)16-10-17(27-24-16)18-4-3-9-28-18/h3-10H,11H2,1-2H3,(H,22,26). The molecule has 4 rings (SSSR count). The van der Waals surface area contributed by atoms with Crippen LogP contribution in [0.2, 0.25) is 0 Å². The van der Waals surface area contributed by atoms with Crippen molar-refractivity contribution >= 4 is 22.9 Å². The van der Waals surface area contributed by atoms with Crippen LogP contribution in [0.3, 0.4) is 0 Å². The van der Waals surface area contributed by atoms with E-state index in [1.807, 2.05) is 31.4 Å². The van der Waals surface area contributed by atoms with E-state index >= 15 is 0 Å². The minimum Gasteiger partial charge on any atom is -0.355 e. The van der Waals surface area contributed by atoms with Crippen molar-refractivity contribution in [3.63, 3.8) is 0 Å². The Bertz CT molecular complexity index is 1110. The maximum absolute atomic E-state index is 13.1. The van der Waals surface area contributed by atoms with Gasteiger partial charge in [-0.15, -0.1) is 11.3 Å². The van der Waals surface area contributed by atoms with E-state index in [1.54, 1.807) is 22.9 Å². The fraction of sp³-hybridized carbons (Fsp3) is 0.150. The minimum atomic E-state index is -0.362. The first-order valence-electron chi connectivity index (χ1n) is 8.61. The van der Waals surface area contributed by atoms with Crippen molar-refractivity contribution in [1.82, 2.24) is 14.9 Å². The van der Waals surface area contributed by atoms with E-state index in [9.17, 15) is 9.18 Å². The fourth-order valence-electron chi connectivity index (χ4n) is 2.89. The summed E-state index contributed by atoms with van der Waals surface area (Å²) in [7, 11) is 0. The zero-order chi connectivity index (χ0) is 19.7. The molecule has 0 bridgehead atoms. The number of amides is 1. The third-order valence-corrected chi connectivity index (χ3v) is 5.26. The number of nitrogens with one attached hydrogen (secondary N) is 1. The molecule has 28 heavy (non-hydrogen) atoms. The Hall–Kier alpha value is -3.26. The van der Waals surface area contributed by atoms with E-state index < -0.39 is 0 Å². The number of halogens is 1. The summed E-state index contributed by atoms with van der Waals surface area (Å²) >= 11 is 1.51. The van der Waals surface area contributed by atoms with Crippen molar-refractivity contribution in [3.05, 3.63) is 76.3 Å². The van der Waals surface area contributed by atoms with Crippen LogP contribution in [0.5, 0.6) is 0 Å². The lowest BCUT2D eigenvalue weighted by molar-refractivity contribution is 0.101. The minimum absolute atomic E-state index is 0.202. The smallest absolute Gasteiger partial charge is 0.277 e. The number of rotatable bonds is 5. The number of aryl methyl sites for hydroxylation is 1. The predicted molar refractivity (Wildman–Crippen MR) is 105 cm³/mol. The van der Waals surface area contributed by atoms with Gasteiger partial charge in [0.25, 0.3) is 5.91 Å². The molecule has 6 nitrogen and oxygen atoms in total. The third kappa shape index (κ3) is 3.59. The van der Waals surface area contributed by atoms with Crippen molar-refractivity contribution in [3.8, 4) is 10.6 Å². The third-order valence-electron chi connectivity index (χ3n) is 4.37. The molecule has 3 heterocycles. The molecule has 4 aromatic rings. The van der Waals surface area contributed by atoms with Crippen LogP contribution in [0, 0.1) is 19.7 Å². The second-order valence-electron chi connectivity index (χ2n) is 6.34. The summed E-state index contributed by atoms with van der Waals surface area (Å²) < 4.78 is 20.1. The molecular weight excluding hydrogens is 379 g/mol. The van der Waals surface area contributed by atoms with Gasteiger partial charge >= 0.3 is 0 Å². The molecule has 142 valence electrons. The number of nitrogens with zero attached hydrogens (tertiary/aromatic N) is 3. The number of anilines is 1. The molecule has 0 unspecified atom stereocenters. The lowest BCUT2D eigenvalue weighted by Crippen LogP contribution is -2.13. The topological polar surface area (TPSA) is 73.0 Å². The van der Waals surface area contributed by atoms with Crippen LogP contribution >= 0.6 is 11.3 Å². The van der Waals surface area contributed by atoms with Crippen LogP contribution in [-0.4, -0.2) is 20.8 Å². The highest BCUT2D eigenvalue weighted by Gasteiger charge is 2.19. The Morgan fingerprint density at radius 1 is 1.25 bits per heavy atom. The van der Waals surface area contributed by atoms with Gasteiger partial charge in [0.05, 0.1) is 28.5 Å². The summed E-state index contributed by atoms with van der Waals surface area (Å²) in [5, 5.41) is 13.2. The summed E-state index contributed by atoms with van der Waals surface area (Å²) in [6.45, 7) is 4.18. The van der Waals surface area contributed by atoms with E-state index in [4.69, 9.17) is 4.52 Å². The molecule has 0 saturated carbocycles. The molecule has 0 aliphatic heterocycles. The second kappa shape index (κ2) is 7.40. The Balaban J connectivity index is 1.52. The maximum atomic E-state index is 13.1. The highest BCUT2D eigenvalue weighted by molar-refractivity contribution is 7.13. The molecule has 0 atom stereocenters. The zero-order valence-corrected chi connectivity index (χ0v) is 16.1. The SMILES string of the molecule is Cc1nn(Cc2ccc(F)cc2)c(C)c1NC(=O)c1cc(-c2cccs2)on1. The molecular formula is C20H17FN4O2S. The number of carbonyl (C=O) groups is 1. The number of benzene rings is 1. The molecule has 3 aromatic heterocycles. The first-order valence-corrected chi connectivity index (χ1v) is 9.49. The molecule has 0 radical (unpaired) electrons. The first-order chi connectivity index (χ1) is 13.5. The summed E-state index contributed by atoms with van der Waals surface area (Å²) in [5.41, 5.74) is 3.25. The summed E-state index contributed by atoms with van der Waals surface area (Å²) in [6, 6.07) is 11.7. The molecule has 0 saturated heterocycles. The van der Waals surface area contributed by atoms with Gasteiger partial charge < -0.3 is 9.84 Å². The molecule has 0 aliphatic rings. The molecule has 1 aromatic carbocycles. The van der Waals surface area contributed by atoms with Crippen LogP contribution in [0.15, 0.2) is 52.4 Å². The molecule has 8 heteroatoms. The molecule has 0 spiro atoms. The van der Waals surface area contributed by atoms with Crippen molar-refractivity contribution in [1.29, 1.82) is 0 Å². The number of hydrogen-bond donors (Lipinski definition) is 1. The predicted octanol–water partition coefficient (Wildman–Crippen LogP) is 4.66. The first kappa shape index (κ1) is 18.1. The van der Waals surface area contributed by atoms with E-state index in [2.05, 4.69) is 15.6 Å². The van der Waals surface area contributed by atoms with Crippen molar-refractivity contribution in [2.45, 2.75) is 20.4 Å². The average Bonchev–Trinajstić information content (AvgIpc) is 3.41. The van der Waals surface area contributed by atoms with Gasteiger partial charge in [0, 0.05) is 6.07 Å². The molecule has 1 amide bonds. The van der Waals surface area contributed by atoms with Gasteiger partial charge in [-0.1, -0.05) is 23.4 Å². The number of hydrogen-bond acceptors (Lipinski definition) is 5. The van der Waals surface area contributed by atoms with Crippen LogP contribution in [-0.2, 0) is 6.54 Å². The highest BCUT2D eigenvalue weighted by atomic mass is 32.1. The van der Waals surface area contributed by atoms with Crippen molar-refractivity contribution in [2.75, 3.05) is 5.32 Å². The quantitative estimate of drug-likeness (QED) is 0.533. The van der Waals surface area contributed by atoms with Crippen LogP contribution in [0.1, 0.15) is 27.4 Å². The Kier molecular flexibility index (Phi) is 4.79. The van der Waals surface area contributed by atoms with Gasteiger partial charge in [-0.25, -0.2) is 4.39 Å². The van der Waals surface area contributed by atoms with Crippen LogP contribution in [0.25, 0.3) is 10.6 Å². The van der Waals surface area contributed by atoms with Gasteiger partial charge in [0.1, 0.15) is 5.82 Å². The second-order valence-corrected chi connectivity index (χ2v) is 7.29. The summed E-state index contributed by atoms with van der Waals surface area (Å²) in [4.78, 5) is 13.5. The fourth-order valence-corrected chi connectivity index (χ4v) is 3.56. The lowest BCUT2D eigenvalue weighted by Gasteiger charge is -2.06. The maximum Gasteiger partial charge on any atom is 0.277 e. The Morgan fingerprint density at radius 3 is 2.75 bits per heavy atom. The van der Waals surface area contributed by atoms with E-state index in [0.717, 1.165) is 16.1 Å². The van der Waals surface area contributed by atoms with E-state index in [-0.39, 0.29) is 17.4 Å². The average molecular weight is 396 g/mol. The van der Waals surface area contributed by atoms with Gasteiger partial charge in [-0.05, 0) is 43.0 Å². The molecule has 0 aliphatic carbocycles. The number of aromatic nitrogens is 3. The number of carbonyl (C=O) groups excluding carboxylic acids is 1. The van der Waals surface area contributed by atoms with Gasteiger partial charge in [0.15, 0.2) is 11.5 Å². The summed E-state index contributed by atoms with van der Waals surface area (Å²) in [5.74, 6) is -0.0840. The zero-order valence-electron chi connectivity index (χ0n) is 15.3. The number of thiophene rings is 1. The van der Waals surface area contributed by atoms with E-state index in [1.165, 1.54) is 23.5 Å². The highest BCUT2D eigenvalue weighted by Crippen LogP contribution is 2.26.